The van der Waals surface area contributed by atoms with E-state index in [0.29, 0.717) is 4.90 Å². The highest BCUT2D eigenvalue weighted by Crippen LogP contribution is 2.46. The van der Waals surface area contributed by atoms with Gasteiger partial charge in [0.25, 0.3) is 0 Å². The maximum atomic E-state index is 12.2. The van der Waals surface area contributed by atoms with Crippen LogP contribution in [0.1, 0.15) is 31.7 Å². The summed E-state index contributed by atoms with van der Waals surface area (Å²) in [4.78, 5) is 1.68. The molecular weight excluding hydrogens is 272 g/mol. The molecular formula is C12H16O2S3. The maximum Gasteiger partial charge on any atom is 0.178 e. The Morgan fingerprint density at radius 3 is 2.88 bits per heavy atom. The Morgan fingerprint density at radius 2 is 2.12 bits per heavy atom. The lowest BCUT2D eigenvalue weighted by Crippen LogP contribution is -2.09. The number of fused-ring (bicyclic) bond motifs is 1. The number of hydrogen-bond donors (Lipinski definition) is 0. The van der Waals surface area contributed by atoms with Crippen LogP contribution in [0.4, 0.5) is 0 Å². The van der Waals surface area contributed by atoms with Gasteiger partial charge in [0.2, 0.25) is 0 Å². The summed E-state index contributed by atoms with van der Waals surface area (Å²) in [6.07, 6.45) is 2.80. The SMILES string of the molecule is CCCCCS(=O)(=O)c1cccc2c1CSS2. The van der Waals surface area contributed by atoms with E-state index in [9.17, 15) is 8.42 Å². The van der Waals surface area contributed by atoms with Gasteiger partial charge in [0, 0.05) is 10.6 Å². The monoisotopic (exact) mass is 288 g/mol. The molecule has 0 aliphatic carbocycles. The lowest BCUT2D eigenvalue weighted by molar-refractivity contribution is 0.590. The zero-order valence-electron chi connectivity index (χ0n) is 9.81. The van der Waals surface area contributed by atoms with Crippen molar-refractivity contribution in [1.29, 1.82) is 0 Å². The van der Waals surface area contributed by atoms with Crippen molar-refractivity contribution in [2.45, 2.75) is 41.7 Å². The van der Waals surface area contributed by atoms with E-state index in [1.807, 2.05) is 12.1 Å². The molecule has 1 aromatic rings. The van der Waals surface area contributed by atoms with E-state index in [2.05, 4.69) is 6.92 Å². The standard InChI is InChI=1S/C12H16O2S3/c1-2-3-4-8-17(13,14)12-7-5-6-11-10(12)9-15-16-11/h5-7H,2-4,8-9H2,1H3. The molecule has 0 spiro atoms. The second-order valence-electron chi connectivity index (χ2n) is 4.10. The second-order valence-corrected chi connectivity index (χ2v) is 8.52. The third kappa shape index (κ3) is 3.01. The van der Waals surface area contributed by atoms with Crippen LogP contribution in [0.2, 0.25) is 0 Å². The summed E-state index contributed by atoms with van der Waals surface area (Å²) in [5, 5.41) is 0. The normalized spacial score (nSPS) is 14.9. The van der Waals surface area contributed by atoms with Crippen LogP contribution in [0.15, 0.2) is 28.0 Å². The summed E-state index contributed by atoms with van der Waals surface area (Å²) in [6.45, 7) is 2.08. The smallest absolute Gasteiger partial charge is 0.178 e. The lowest BCUT2D eigenvalue weighted by Gasteiger charge is -2.08. The highest BCUT2D eigenvalue weighted by molar-refractivity contribution is 8.76. The van der Waals surface area contributed by atoms with Crippen LogP contribution in [-0.2, 0) is 15.6 Å². The summed E-state index contributed by atoms with van der Waals surface area (Å²) in [6, 6.07) is 5.61. The predicted molar refractivity (Wildman–Crippen MR) is 75.2 cm³/mol. The third-order valence-corrected chi connectivity index (χ3v) is 7.00. The quantitative estimate of drug-likeness (QED) is 0.608. The Morgan fingerprint density at radius 1 is 1.29 bits per heavy atom. The zero-order chi connectivity index (χ0) is 12.3. The van der Waals surface area contributed by atoms with Crippen LogP contribution in [0.3, 0.4) is 0 Å². The largest absolute Gasteiger partial charge is 0.224 e. The first kappa shape index (κ1) is 13.3. The second kappa shape index (κ2) is 5.67. The zero-order valence-corrected chi connectivity index (χ0v) is 12.3. The number of rotatable bonds is 5. The van der Waals surface area contributed by atoms with Gasteiger partial charge in [0.1, 0.15) is 0 Å². The molecule has 0 fully saturated rings. The molecule has 1 heterocycles. The van der Waals surface area contributed by atoms with Gasteiger partial charge in [-0.05, 0) is 24.1 Å². The summed E-state index contributed by atoms with van der Waals surface area (Å²) in [7, 11) is 0.308. The highest BCUT2D eigenvalue weighted by Gasteiger charge is 2.23. The molecule has 1 aromatic carbocycles. The molecule has 0 N–H and O–H groups in total. The Hall–Kier alpha value is -0.130. The molecule has 0 saturated heterocycles. The Kier molecular flexibility index (Phi) is 4.44. The first-order valence-electron chi connectivity index (χ1n) is 5.79. The number of sulfone groups is 1. The van der Waals surface area contributed by atoms with Crippen LogP contribution in [0, 0.1) is 0 Å². The third-order valence-electron chi connectivity index (χ3n) is 2.79. The molecule has 0 unspecified atom stereocenters. The van der Waals surface area contributed by atoms with E-state index in [4.69, 9.17) is 0 Å². The van der Waals surface area contributed by atoms with Crippen molar-refractivity contribution >= 4 is 31.4 Å². The molecule has 0 atom stereocenters. The molecule has 5 heteroatoms. The van der Waals surface area contributed by atoms with Crippen molar-refractivity contribution < 1.29 is 8.42 Å². The van der Waals surface area contributed by atoms with E-state index >= 15 is 0 Å². The van der Waals surface area contributed by atoms with Crippen molar-refractivity contribution in [1.82, 2.24) is 0 Å². The topological polar surface area (TPSA) is 34.1 Å². The lowest BCUT2D eigenvalue weighted by atomic mass is 10.2. The van der Waals surface area contributed by atoms with Gasteiger partial charge in [-0.25, -0.2) is 8.42 Å². The Bertz CT molecular complexity index is 494. The molecule has 2 rings (SSSR count). The molecule has 1 aliphatic rings. The minimum absolute atomic E-state index is 0.284. The van der Waals surface area contributed by atoms with Crippen molar-refractivity contribution in [3.63, 3.8) is 0 Å². The van der Waals surface area contributed by atoms with Gasteiger partial charge in [0.05, 0.1) is 10.6 Å². The fourth-order valence-electron chi connectivity index (χ4n) is 1.86. The summed E-state index contributed by atoms with van der Waals surface area (Å²) in [5.41, 5.74) is 1.01. The van der Waals surface area contributed by atoms with Gasteiger partial charge in [-0.1, -0.05) is 47.4 Å². The first-order chi connectivity index (χ1) is 8.15. The fourth-order valence-corrected chi connectivity index (χ4v) is 6.17. The van der Waals surface area contributed by atoms with Crippen LogP contribution < -0.4 is 0 Å². The molecule has 17 heavy (non-hydrogen) atoms. The van der Waals surface area contributed by atoms with Crippen LogP contribution in [0.5, 0.6) is 0 Å². The van der Waals surface area contributed by atoms with Gasteiger partial charge in [-0.3, -0.25) is 0 Å². The minimum Gasteiger partial charge on any atom is -0.224 e. The van der Waals surface area contributed by atoms with Crippen LogP contribution in [-0.4, -0.2) is 14.2 Å². The Balaban J connectivity index is 2.25. The molecule has 0 bridgehead atoms. The summed E-state index contributed by atoms with van der Waals surface area (Å²) < 4.78 is 24.5. The van der Waals surface area contributed by atoms with Gasteiger partial charge >= 0.3 is 0 Å². The van der Waals surface area contributed by atoms with E-state index in [0.717, 1.165) is 35.5 Å². The number of hydrogen-bond acceptors (Lipinski definition) is 4. The fraction of sp³-hybridized carbons (Fsp3) is 0.500. The Labute approximate surface area is 111 Å². The van der Waals surface area contributed by atoms with Crippen molar-refractivity contribution in [3.8, 4) is 0 Å². The average Bonchev–Trinajstić information content (AvgIpc) is 2.76. The first-order valence-corrected chi connectivity index (χ1v) is 9.76. The molecule has 0 radical (unpaired) electrons. The highest BCUT2D eigenvalue weighted by atomic mass is 33.1. The molecule has 0 amide bonds. The summed E-state index contributed by atoms with van der Waals surface area (Å²) >= 11 is 0. The van der Waals surface area contributed by atoms with Crippen molar-refractivity contribution in [3.05, 3.63) is 23.8 Å². The van der Waals surface area contributed by atoms with Gasteiger partial charge in [0.15, 0.2) is 9.84 Å². The molecule has 0 aromatic heterocycles. The maximum absolute atomic E-state index is 12.2. The van der Waals surface area contributed by atoms with Crippen LogP contribution in [0.25, 0.3) is 0 Å². The minimum atomic E-state index is -3.08. The van der Waals surface area contributed by atoms with Crippen LogP contribution >= 0.6 is 21.6 Å². The van der Waals surface area contributed by atoms with Gasteiger partial charge in [-0.15, -0.1) is 0 Å². The number of unbranched alkanes of at least 4 members (excludes halogenated alkanes) is 2. The summed E-state index contributed by atoms with van der Waals surface area (Å²) in [5.74, 6) is 1.09. The average molecular weight is 288 g/mol. The van der Waals surface area contributed by atoms with Crippen molar-refractivity contribution in [2.24, 2.45) is 0 Å². The molecule has 2 nitrogen and oxygen atoms in total. The van der Waals surface area contributed by atoms with Crippen molar-refractivity contribution in [2.75, 3.05) is 5.75 Å². The molecule has 1 aliphatic heterocycles. The van der Waals surface area contributed by atoms with E-state index < -0.39 is 9.84 Å². The molecule has 94 valence electrons. The number of benzene rings is 1. The van der Waals surface area contributed by atoms with Gasteiger partial charge in [-0.2, -0.15) is 0 Å². The molecule has 0 saturated carbocycles. The van der Waals surface area contributed by atoms with Gasteiger partial charge < -0.3 is 0 Å². The van der Waals surface area contributed by atoms with E-state index in [-0.39, 0.29) is 5.75 Å². The van der Waals surface area contributed by atoms with E-state index in [1.54, 1.807) is 27.7 Å². The predicted octanol–water partition coefficient (Wildman–Crippen LogP) is 3.90. The van der Waals surface area contributed by atoms with E-state index in [1.165, 1.54) is 0 Å².